The molecule has 0 heterocycles. The molecule has 15 heavy (non-hydrogen) atoms. The minimum Gasteiger partial charge on any atom is -0.384 e. The third-order valence-corrected chi connectivity index (χ3v) is 3.09. The van der Waals surface area contributed by atoms with Gasteiger partial charge in [0.15, 0.2) is 0 Å². The molecule has 2 aromatic carbocycles. The van der Waals surface area contributed by atoms with Crippen LogP contribution in [0.15, 0.2) is 42.5 Å². The Labute approximate surface area is 92.9 Å². The van der Waals surface area contributed by atoms with E-state index < -0.39 is 6.10 Å². The molecule has 1 N–H and O–H groups in total. The predicted molar refractivity (Wildman–Crippen MR) is 60.9 cm³/mol. The van der Waals surface area contributed by atoms with Gasteiger partial charge >= 0.3 is 0 Å². The lowest BCUT2D eigenvalue weighted by atomic mass is 10.1. The predicted octanol–water partition coefficient (Wildman–Crippen LogP) is 3.40. The van der Waals surface area contributed by atoms with Crippen molar-refractivity contribution in [3.05, 3.63) is 58.6 Å². The Balaban J connectivity index is 2.34. The first kappa shape index (κ1) is 8.96. The minimum absolute atomic E-state index is 0.506. The molecule has 0 amide bonds. The molecule has 0 saturated carbocycles. The molecule has 1 nitrogen and oxygen atoms in total. The summed E-state index contributed by atoms with van der Waals surface area (Å²) in [5.74, 6) is 0. The van der Waals surface area contributed by atoms with E-state index in [1.807, 2.05) is 42.5 Å². The molecule has 0 fully saturated rings. The van der Waals surface area contributed by atoms with Gasteiger partial charge in [0, 0.05) is 5.02 Å². The van der Waals surface area contributed by atoms with Crippen molar-refractivity contribution in [2.45, 2.75) is 6.10 Å². The van der Waals surface area contributed by atoms with Crippen molar-refractivity contribution in [2.75, 3.05) is 0 Å². The lowest BCUT2D eigenvalue weighted by molar-refractivity contribution is 0.225. The minimum atomic E-state index is -0.506. The molecule has 0 spiro atoms. The van der Waals surface area contributed by atoms with Crippen LogP contribution in [-0.2, 0) is 0 Å². The van der Waals surface area contributed by atoms with E-state index in [-0.39, 0.29) is 0 Å². The number of aliphatic hydroxyl groups excluding tert-OH is 1. The number of benzene rings is 2. The molecule has 1 aliphatic rings. The zero-order chi connectivity index (χ0) is 10.4. The summed E-state index contributed by atoms with van der Waals surface area (Å²) in [4.78, 5) is 0. The topological polar surface area (TPSA) is 20.2 Å². The van der Waals surface area contributed by atoms with Gasteiger partial charge in [0.1, 0.15) is 6.10 Å². The van der Waals surface area contributed by atoms with E-state index in [0.29, 0.717) is 5.02 Å². The quantitative estimate of drug-likeness (QED) is 0.716. The van der Waals surface area contributed by atoms with Crippen LogP contribution in [0.5, 0.6) is 0 Å². The van der Waals surface area contributed by atoms with Gasteiger partial charge in [0.25, 0.3) is 0 Å². The molecule has 2 heteroatoms. The first-order chi connectivity index (χ1) is 7.27. The highest BCUT2D eigenvalue weighted by Gasteiger charge is 2.26. The Morgan fingerprint density at radius 3 is 2.53 bits per heavy atom. The smallest absolute Gasteiger partial charge is 0.105 e. The molecule has 74 valence electrons. The van der Waals surface area contributed by atoms with Gasteiger partial charge in [-0.2, -0.15) is 0 Å². The van der Waals surface area contributed by atoms with Gasteiger partial charge in [-0.3, -0.25) is 0 Å². The summed E-state index contributed by atoms with van der Waals surface area (Å²) in [5.41, 5.74) is 4.04. The second-order valence-electron chi connectivity index (χ2n) is 3.72. The van der Waals surface area contributed by atoms with Gasteiger partial charge in [0.2, 0.25) is 0 Å². The zero-order valence-corrected chi connectivity index (χ0v) is 8.70. The third kappa shape index (κ3) is 1.21. The summed E-state index contributed by atoms with van der Waals surface area (Å²) in [5, 5.41) is 10.8. The molecule has 0 saturated heterocycles. The van der Waals surface area contributed by atoms with E-state index in [4.69, 9.17) is 11.6 Å². The van der Waals surface area contributed by atoms with E-state index in [9.17, 15) is 5.11 Å². The number of halogens is 1. The highest BCUT2D eigenvalue weighted by molar-refractivity contribution is 6.31. The average molecular weight is 217 g/mol. The monoisotopic (exact) mass is 216 g/mol. The Hall–Kier alpha value is -1.31. The van der Waals surface area contributed by atoms with Crippen molar-refractivity contribution < 1.29 is 5.11 Å². The fourth-order valence-electron chi connectivity index (χ4n) is 2.15. The van der Waals surface area contributed by atoms with E-state index in [1.54, 1.807) is 0 Å². The highest BCUT2D eigenvalue weighted by atomic mass is 35.5. The maximum absolute atomic E-state index is 10.1. The normalized spacial score (nSPS) is 17.3. The number of rotatable bonds is 0. The largest absolute Gasteiger partial charge is 0.384 e. The van der Waals surface area contributed by atoms with Crippen molar-refractivity contribution >= 4 is 11.6 Å². The van der Waals surface area contributed by atoms with Gasteiger partial charge in [0.05, 0.1) is 0 Å². The van der Waals surface area contributed by atoms with E-state index in [0.717, 1.165) is 22.3 Å². The fraction of sp³-hybridized carbons (Fsp3) is 0.0769. The molecule has 0 aliphatic heterocycles. The van der Waals surface area contributed by atoms with E-state index in [2.05, 4.69) is 0 Å². The van der Waals surface area contributed by atoms with E-state index >= 15 is 0 Å². The second kappa shape index (κ2) is 3.09. The maximum Gasteiger partial charge on any atom is 0.105 e. The Morgan fingerprint density at radius 2 is 1.67 bits per heavy atom. The van der Waals surface area contributed by atoms with Crippen LogP contribution in [0.1, 0.15) is 17.2 Å². The van der Waals surface area contributed by atoms with E-state index in [1.165, 1.54) is 0 Å². The van der Waals surface area contributed by atoms with Crippen molar-refractivity contribution in [3.63, 3.8) is 0 Å². The summed E-state index contributed by atoms with van der Waals surface area (Å²) < 4.78 is 0. The molecular formula is C13H9ClO. The first-order valence-electron chi connectivity index (χ1n) is 4.84. The maximum atomic E-state index is 10.1. The fourth-order valence-corrected chi connectivity index (χ4v) is 2.32. The average Bonchev–Trinajstić information content (AvgIpc) is 2.54. The van der Waals surface area contributed by atoms with Crippen LogP contribution in [0.2, 0.25) is 5.02 Å². The molecule has 1 unspecified atom stereocenters. The number of hydrogen-bond acceptors (Lipinski definition) is 1. The molecular weight excluding hydrogens is 208 g/mol. The highest BCUT2D eigenvalue weighted by Crippen LogP contribution is 2.43. The van der Waals surface area contributed by atoms with Crippen LogP contribution in [0.3, 0.4) is 0 Å². The number of hydrogen-bond donors (Lipinski definition) is 1. The third-order valence-electron chi connectivity index (χ3n) is 2.86. The molecule has 2 aromatic rings. The molecule has 0 bridgehead atoms. The Bertz CT molecular complexity index is 534. The van der Waals surface area contributed by atoms with Crippen molar-refractivity contribution in [3.8, 4) is 11.1 Å². The summed E-state index contributed by atoms with van der Waals surface area (Å²) >= 11 is 5.96. The summed E-state index contributed by atoms with van der Waals surface area (Å²) in [6.45, 7) is 0. The van der Waals surface area contributed by atoms with Gasteiger partial charge in [-0.1, -0.05) is 41.9 Å². The first-order valence-corrected chi connectivity index (χ1v) is 5.22. The number of fused-ring (bicyclic) bond motifs is 3. The summed E-state index contributed by atoms with van der Waals surface area (Å²) in [7, 11) is 0. The van der Waals surface area contributed by atoms with Crippen molar-refractivity contribution in [1.29, 1.82) is 0 Å². The summed E-state index contributed by atoms with van der Waals surface area (Å²) in [6.07, 6.45) is -0.506. The van der Waals surface area contributed by atoms with Crippen LogP contribution in [0, 0.1) is 0 Å². The molecule has 3 rings (SSSR count). The van der Waals surface area contributed by atoms with Crippen molar-refractivity contribution in [1.82, 2.24) is 0 Å². The molecule has 1 atom stereocenters. The lowest BCUT2D eigenvalue weighted by Gasteiger charge is -2.04. The van der Waals surface area contributed by atoms with Gasteiger partial charge < -0.3 is 5.11 Å². The lowest BCUT2D eigenvalue weighted by Crippen LogP contribution is -1.92. The van der Waals surface area contributed by atoms with Crippen LogP contribution < -0.4 is 0 Å². The molecule has 0 radical (unpaired) electrons. The van der Waals surface area contributed by atoms with Crippen LogP contribution in [0.25, 0.3) is 11.1 Å². The van der Waals surface area contributed by atoms with Crippen LogP contribution >= 0.6 is 11.6 Å². The Morgan fingerprint density at radius 1 is 0.933 bits per heavy atom. The number of aliphatic hydroxyl groups is 1. The van der Waals surface area contributed by atoms with Gasteiger partial charge in [-0.05, 0) is 34.4 Å². The molecule has 0 aromatic heterocycles. The Kier molecular flexibility index (Phi) is 1.84. The van der Waals surface area contributed by atoms with Gasteiger partial charge in [-0.25, -0.2) is 0 Å². The van der Waals surface area contributed by atoms with Crippen LogP contribution in [-0.4, -0.2) is 5.11 Å². The SMILES string of the molecule is OC1c2ccccc2-c2cc(Cl)ccc21. The molecule has 1 aliphatic carbocycles. The summed E-state index contributed by atoms with van der Waals surface area (Å²) in [6, 6.07) is 13.5. The second-order valence-corrected chi connectivity index (χ2v) is 4.16. The standard InChI is InChI=1S/C13H9ClO/c14-8-5-6-11-12(7-8)9-3-1-2-4-10(9)13(11)15/h1-7,13,15H. The van der Waals surface area contributed by atoms with Crippen LogP contribution in [0.4, 0.5) is 0 Å². The zero-order valence-electron chi connectivity index (χ0n) is 7.94. The van der Waals surface area contributed by atoms with Crippen molar-refractivity contribution in [2.24, 2.45) is 0 Å². The van der Waals surface area contributed by atoms with Gasteiger partial charge in [-0.15, -0.1) is 0 Å².